The van der Waals surface area contributed by atoms with Crippen molar-refractivity contribution in [3.8, 4) is 5.75 Å². The average Bonchev–Trinajstić information content (AvgIpc) is 2.69. The first-order chi connectivity index (χ1) is 13.3. The molecule has 28 heavy (non-hydrogen) atoms. The first kappa shape index (κ1) is 22.3. The Hall–Kier alpha value is -1.95. The second-order valence-corrected chi connectivity index (χ2v) is 7.21. The molecule has 5 nitrogen and oxygen atoms in total. The first-order valence-corrected chi connectivity index (χ1v) is 9.73. The largest absolute Gasteiger partial charge is 0.481 e. The van der Waals surface area contributed by atoms with E-state index >= 15 is 0 Å². The summed E-state index contributed by atoms with van der Waals surface area (Å²) in [6.07, 6.45) is 0.751. The van der Waals surface area contributed by atoms with Crippen LogP contribution >= 0.6 is 34.8 Å². The Morgan fingerprint density at radius 3 is 2.07 bits per heavy atom. The molecule has 2 aromatic rings. The predicted molar refractivity (Wildman–Crippen MR) is 112 cm³/mol. The van der Waals surface area contributed by atoms with Gasteiger partial charge in [-0.2, -0.15) is 0 Å². The minimum Gasteiger partial charge on any atom is -0.481 e. The first-order valence-electron chi connectivity index (χ1n) is 8.59. The van der Waals surface area contributed by atoms with Crippen LogP contribution in [0.15, 0.2) is 24.3 Å². The summed E-state index contributed by atoms with van der Waals surface area (Å²) in [5, 5.41) is 3.67. The monoisotopic (exact) mass is 443 g/mol. The van der Waals surface area contributed by atoms with Gasteiger partial charge in [-0.25, -0.2) is 4.79 Å². The smallest absolute Gasteiger partial charge is 0.338 e. The molecule has 1 N–H and O–H groups in total. The number of rotatable bonds is 7. The highest BCUT2D eigenvalue weighted by atomic mass is 35.5. The molecule has 0 aliphatic heterocycles. The van der Waals surface area contributed by atoms with Crippen molar-refractivity contribution in [1.82, 2.24) is 0 Å². The zero-order valence-electron chi connectivity index (χ0n) is 15.7. The number of halogens is 3. The Kier molecular flexibility index (Phi) is 7.98. The van der Waals surface area contributed by atoms with Gasteiger partial charge in [0.15, 0.2) is 12.4 Å². The lowest BCUT2D eigenvalue weighted by molar-refractivity contribution is -0.118. The molecule has 150 valence electrons. The lowest BCUT2D eigenvalue weighted by atomic mass is 10.1. The van der Waals surface area contributed by atoms with Gasteiger partial charge in [-0.3, -0.25) is 4.79 Å². The fraction of sp³-hybridized carbons (Fsp3) is 0.300. The van der Waals surface area contributed by atoms with E-state index in [1.165, 1.54) is 0 Å². The van der Waals surface area contributed by atoms with Crippen molar-refractivity contribution in [3.05, 3.63) is 56.0 Å². The molecule has 1 amide bonds. The topological polar surface area (TPSA) is 64.6 Å². The van der Waals surface area contributed by atoms with Gasteiger partial charge in [0.2, 0.25) is 0 Å². The molecule has 0 aliphatic rings. The Morgan fingerprint density at radius 1 is 0.964 bits per heavy atom. The molecule has 0 aliphatic carbocycles. The fourth-order valence-electron chi connectivity index (χ4n) is 2.34. The Labute approximate surface area is 178 Å². The number of amides is 1. The van der Waals surface area contributed by atoms with Gasteiger partial charge in [0, 0.05) is 10.7 Å². The molecule has 0 heterocycles. The van der Waals surface area contributed by atoms with Crippen molar-refractivity contribution in [2.24, 2.45) is 0 Å². The summed E-state index contributed by atoms with van der Waals surface area (Å²) in [6, 6.07) is 6.37. The van der Waals surface area contributed by atoms with Crippen LogP contribution in [0.3, 0.4) is 0 Å². The van der Waals surface area contributed by atoms with Gasteiger partial charge < -0.3 is 14.8 Å². The highest BCUT2D eigenvalue weighted by Gasteiger charge is 2.18. The SMILES string of the molecule is CCCOC(=O)c1ccc(NC(=O)COc2c(Cl)c(C)c(Cl)c(C)c2Cl)cc1. The van der Waals surface area contributed by atoms with Crippen LogP contribution in [-0.4, -0.2) is 25.1 Å². The van der Waals surface area contributed by atoms with Gasteiger partial charge >= 0.3 is 5.97 Å². The van der Waals surface area contributed by atoms with Crippen LogP contribution in [0.4, 0.5) is 5.69 Å². The molecule has 2 rings (SSSR count). The van der Waals surface area contributed by atoms with E-state index in [1.807, 2.05) is 6.92 Å². The molecule has 0 aromatic heterocycles. The summed E-state index contributed by atoms with van der Waals surface area (Å²) in [5.74, 6) is -0.591. The number of ether oxygens (including phenoxy) is 2. The summed E-state index contributed by atoms with van der Waals surface area (Å²) in [4.78, 5) is 23.9. The molecule has 0 atom stereocenters. The van der Waals surface area contributed by atoms with E-state index in [0.717, 1.165) is 6.42 Å². The molecular formula is C20H20Cl3NO4. The number of anilines is 1. The molecule has 0 spiro atoms. The van der Waals surface area contributed by atoms with E-state index < -0.39 is 11.9 Å². The Bertz CT molecular complexity index is 853. The predicted octanol–water partition coefficient (Wildman–Crippen LogP) is 5.85. The third-order valence-corrected chi connectivity index (χ3v) is 5.38. The van der Waals surface area contributed by atoms with Gasteiger partial charge in [-0.1, -0.05) is 41.7 Å². The fourth-order valence-corrected chi connectivity index (χ4v) is 3.16. The van der Waals surface area contributed by atoms with Gasteiger partial charge in [0.05, 0.1) is 22.2 Å². The van der Waals surface area contributed by atoms with Crippen LogP contribution in [-0.2, 0) is 9.53 Å². The summed E-state index contributed by atoms with van der Waals surface area (Å²) in [7, 11) is 0. The minimum absolute atomic E-state index is 0.215. The lowest BCUT2D eigenvalue weighted by Gasteiger charge is -2.15. The molecule has 2 aromatic carbocycles. The van der Waals surface area contributed by atoms with E-state index in [0.29, 0.717) is 34.0 Å². The number of esters is 1. The van der Waals surface area contributed by atoms with Crippen LogP contribution in [0.1, 0.15) is 34.8 Å². The summed E-state index contributed by atoms with van der Waals surface area (Å²) >= 11 is 18.6. The molecular weight excluding hydrogens is 425 g/mol. The summed E-state index contributed by atoms with van der Waals surface area (Å²) in [6.45, 7) is 5.48. The van der Waals surface area contributed by atoms with E-state index in [2.05, 4.69) is 5.32 Å². The van der Waals surface area contributed by atoms with Gasteiger partial charge in [-0.05, 0) is 55.7 Å². The van der Waals surface area contributed by atoms with Crippen molar-refractivity contribution in [2.45, 2.75) is 27.2 Å². The van der Waals surface area contributed by atoms with Crippen molar-refractivity contribution in [3.63, 3.8) is 0 Å². The second-order valence-electron chi connectivity index (χ2n) is 6.07. The quantitative estimate of drug-likeness (QED) is 0.544. The zero-order chi connectivity index (χ0) is 20.8. The van der Waals surface area contributed by atoms with E-state index in [9.17, 15) is 9.59 Å². The minimum atomic E-state index is -0.404. The molecule has 0 saturated heterocycles. The number of carbonyl (C=O) groups is 2. The van der Waals surface area contributed by atoms with Gasteiger partial charge in [0.1, 0.15) is 0 Å². The van der Waals surface area contributed by atoms with Crippen LogP contribution in [0.5, 0.6) is 5.75 Å². The molecule has 0 fully saturated rings. The molecule has 0 radical (unpaired) electrons. The lowest BCUT2D eigenvalue weighted by Crippen LogP contribution is -2.20. The number of benzene rings is 2. The highest BCUT2D eigenvalue weighted by Crippen LogP contribution is 2.42. The maximum Gasteiger partial charge on any atom is 0.338 e. The standard InChI is InChI=1S/C20H20Cl3NO4/c1-4-9-27-20(26)13-5-7-14(8-6-13)24-15(25)10-28-19-17(22)11(2)16(21)12(3)18(19)23/h5-8H,4,9-10H2,1-3H3,(H,24,25). The molecule has 0 saturated carbocycles. The van der Waals surface area contributed by atoms with Crippen molar-refractivity contribution >= 4 is 52.4 Å². The zero-order valence-corrected chi connectivity index (χ0v) is 18.0. The number of nitrogens with one attached hydrogen (secondary N) is 1. The highest BCUT2D eigenvalue weighted by molar-refractivity contribution is 6.42. The van der Waals surface area contributed by atoms with Crippen molar-refractivity contribution in [2.75, 3.05) is 18.5 Å². The maximum absolute atomic E-state index is 12.2. The third kappa shape index (κ3) is 5.31. The number of hydrogen-bond acceptors (Lipinski definition) is 4. The van der Waals surface area contributed by atoms with E-state index in [-0.39, 0.29) is 22.4 Å². The normalized spacial score (nSPS) is 10.5. The van der Waals surface area contributed by atoms with E-state index in [4.69, 9.17) is 44.3 Å². The summed E-state index contributed by atoms with van der Waals surface area (Å²) in [5.41, 5.74) is 2.19. The maximum atomic E-state index is 12.2. The van der Waals surface area contributed by atoms with Crippen LogP contribution in [0, 0.1) is 13.8 Å². The second kappa shape index (κ2) is 10.0. The third-order valence-electron chi connectivity index (χ3n) is 3.90. The van der Waals surface area contributed by atoms with Crippen LogP contribution < -0.4 is 10.1 Å². The molecule has 0 bridgehead atoms. The Morgan fingerprint density at radius 2 is 1.54 bits per heavy atom. The molecule has 0 unspecified atom stereocenters. The van der Waals surface area contributed by atoms with E-state index in [1.54, 1.807) is 38.1 Å². The van der Waals surface area contributed by atoms with Crippen molar-refractivity contribution in [1.29, 1.82) is 0 Å². The number of carbonyl (C=O) groups excluding carboxylic acids is 2. The Balaban J connectivity index is 1.99. The van der Waals surface area contributed by atoms with Gasteiger partial charge in [0.25, 0.3) is 5.91 Å². The average molecular weight is 445 g/mol. The van der Waals surface area contributed by atoms with Crippen LogP contribution in [0.25, 0.3) is 0 Å². The summed E-state index contributed by atoms with van der Waals surface area (Å²) < 4.78 is 10.6. The molecule has 8 heteroatoms. The van der Waals surface area contributed by atoms with Crippen LogP contribution in [0.2, 0.25) is 15.1 Å². The van der Waals surface area contributed by atoms with Gasteiger partial charge in [-0.15, -0.1) is 0 Å². The van der Waals surface area contributed by atoms with Crippen molar-refractivity contribution < 1.29 is 19.1 Å². The number of hydrogen-bond donors (Lipinski definition) is 1.